The highest BCUT2D eigenvalue weighted by atomic mass is 127. The number of nitrogens with one attached hydrogen (secondary N) is 1. The molecule has 176 valence electrons. The normalized spacial score (nSPS) is 13.2. The molecule has 0 saturated heterocycles. The van der Waals surface area contributed by atoms with Gasteiger partial charge in [0.05, 0.1) is 19.9 Å². The Labute approximate surface area is 210 Å². The third-order valence-corrected chi connectivity index (χ3v) is 5.54. The predicted molar refractivity (Wildman–Crippen MR) is 136 cm³/mol. The Hall–Kier alpha value is -2.82. The summed E-state index contributed by atoms with van der Waals surface area (Å²) in [6, 6.07) is 10.2. The molecule has 2 heterocycles. The van der Waals surface area contributed by atoms with E-state index in [0.29, 0.717) is 18.9 Å². The largest absolute Gasteiger partial charge is 0.493 e. The first-order chi connectivity index (χ1) is 15.6. The van der Waals surface area contributed by atoms with Gasteiger partial charge < -0.3 is 24.1 Å². The SMILES string of the molecule is CN=C(NCCc1coc(-c2ccc(F)cc2)n1)N1CCc2cc(OC)c(OC)cc2C1.I. The molecule has 0 aliphatic carbocycles. The fourth-order valence-electron chi connectivity index (χ4n) is 3.85. The summed E-state index contributed by atoms with van der Waals surface area (Å²) in [5, 5.41) is 3.41. The van der Waals surface area contributed by atoms with Crippen LogP contribution in [0.2, 0.25) is 0 Å². The van der Waals surface area contributed by atoms with Crippen molar-refractivity contribution in [2.75, 3.05) is 34.4 Å². The molecule has 0 fully saturated rings. The Morgan fingerprint density at radius 2 is 1.85 bits per heavy atom. The molecule has 0 radical (unpaired) electrons. The number of guanidine groups is 1. The third kappa shape index (κ3) is 5.76. The second kappa shape index (κ2) is 11.4. The van der Waals surface area contributed by atoms with Gasteiger partial charge in [0.15, 0.2) is 17.5 Å². The third-order valence-electron chi connectivity index (χ3n) is 5.54. The van der Waals surface area contributed by atoms with Crippen LogP contribution in [-0.2, 0) is 19.4 Å². The number of rotatable bonds is 6. The van der Waals surface area contributed by atoms with Crippen LogP contribution in [0.4, 0.5) is 4.39 Å². The molecule has 33 heavy (non-hydrogen) atoms. The van der Waals surface area contributed by atoms with E-state index in [1.54, 1.807) is 39.7 Å². The standard InChI is InChI=1S/C24H27FN4O3.HI/c1-26-24(29-11-9-17-12-21(30-2)22(31-3)13-18(17)14-29)27-10-8-20-15-32-23(28-20)16-4-6-19(25)7-5-16;/h4-7,12-13,15H,8-11,14H2,1-3H3,(H,26,27);1H. The summed E-state index contributed by atoms with van der Waals surface area (Å²) in [6.45, 7) is 2.27. The van der Waals surface area contributed by atoms with Crippen LogP contribution in [0.25, 0.3) is 11.5 Å². The molecule has 9 heteroatoms. The van der Waals surface area contributed by atoms with Gasteiger partial charge in [0, 0.05) is 38.7 Å². The summed E-state index contributed by atoms with van der Waals surface area (Å²) in [7, 11) is 5.09. The summed E-state index contributed by atoms with van der Waals surface area (Å²) >= 11 is 0. The average molecular weight is 566 g/mol. The second-order valence-corrected chi connectivity index (χ2v) is 7.52. The molecule has 1 aliphatic heterocycles. The molecule has 0 atom stereocenters. The van der Waals surface area contributed by atoms with Gasteiger partial charge >= 0.3 is 0 Å². The van der Waals surface area contributed by atoms with Gasteiger partial charge in [0.2, 0.25) is 5.89 Å². The molecular weight excluding hydrogens is 538 g/mol. The highest BCUT2D eigenvalue weighted by Gasteiger charge is 2.21. The molecular formula is C24H28FIN4O3. The highest BCUT2D eigenvalue weighted by Crippen LogP contribution is 2.33. The number of hydrogen-bond acceptors (Lipinski definition) is 5. The van der Waals surface area contributed by atoms with Crippen molar-refractivity contribution in [3.8, 4) is 23.0 Å². The molecule has 0 amide bonds. The minimum Gasteiger partial charge on any atom is -0.493 e. The Morgan fingerprint density at radius 1 is 1.15 bits per heavy atom. The zero-order chi connectivity index (χ0) is 22.5. The van der Waals surface area contributed by atoms with E-state index in [4.69, 9.17) is 13.9 Å². The van der Waals surface area contributed by atoms with E-state index in [0.717, 1.165) is 48.2 Å². The van der Waals surface area contributed by atoms with Gasteiger partial charge in [-0.15, -0.1) is 24.0 Å². The lowest BCUT2D eigenvalue weighted by molar-refractivity contribution is 0.346. The summed E-state index contributed by atoms with van der Waals surface area (Å²) in [4.78, 5) is 11.2. The Balaban J connectivity index is 0.00000306. The summed E-state index contributed by atoms with van der Waals surface area (Å²) in [5.74, 6) is 2.54. The zero-order valence-corrected chi connectivity index (χ0v) is 21.3. The number of ether oxygens (including phenoxy) is 2. The smallest absolute Gasteiger partial charge is 0.226 e. The van der Waals surface area contributed by atoms with Gasteiger partial charge in [-0.1, -0.05) is 0 Å². The van der Waals surface area contributed by atoms with Crippen LogP contribution in [0.1, 0.15) is 16.8 Å². The predicted octanol–water partition coefficient (Wildman–Crippen LogP) is 4.29. The number of hydrogen-bond donors (Lipinski definition) is 1. The van der Waals surface area contributed by atoms with Crippen LogP contribution in [0, 0.1) is 5.82 Å². The van der Waals surface area contributed by atoms with E-state index in [-0.39, 0.29) is 29.8 Å². The first kappa shape index (κ1) is 24.8. The number of nitrogens with zero attached hydrogens (tertiary/aromatic N) is 3. The maximum atomic E-state index is 13.1. The molecule has 4 rings (SSSR count). The van der Waals surface area contributed by atoms with Gasteiger partial charge in [-0.05, 0) is 53.9 Å². The summed E-state index contributed by atoms with van der Waals surface area (Å²) in [6.07, 6.45) is 3.22. The van der Waals surface area contributed by atoms with Crippen LogP contribution < -0.4 is 14.8 Å². The number of benzene rings is 2. The maximum Gasteiger partial charge on any atom is 0.226 e. The van der Waals surface area contributed by atoms with Crippen molar-refractivity contribution in [3.63, 3.8) is 0 Å². The Bertz CT molecular complexity index is 1100. The summed E-state index contributed by atoms with van der Waals surface area (Å²) in [5.41, 5.74) is 4.05. The minimum absolute atomic E-state index is 0. The fourth-order valence-corrected chi connectivity index (χ4v) is 3.85. The molecule has 1 aliphatic rings. The van der Waals surface area contributed by atoms with E-state index in [1.165, 1.54) is 23.3 Å². The van der Waals surface area contributed by atoms with Crippen molar-refractivity contribution in [2.45, 2.75) is 19.4 Å². The van der Waals surface area contributed by atoms with Crippen molar-refractivity contribution in [1.82, 2.24) is 15.2 Å². The maximum absolute atomic E-state index is 13.1. The molecule has 7 nitrogen and oxygen atoms in total. The number of fused-ring (bicyclic) bond motifs is 1. The molecule has 0 saturated carbocycles. The molecule has 1 aromatic heterocycles. The van der Waals surface area contributed by atoms with Gasteiger partial charge in [0.25, 0.3) is 0 Å². The van der Waals surface area contributed by atoms with Crippen molar-refractivity contribution in [3.05, 3.63) is 65.3 Å². The van der Waals surface area contributed by atoms with Gasteiger partial charge in [-0.3, -0.25) is 4.99 Å². The van der Waals surface area contributed by atoms with Gasteiger partial charge in [-0.25, -0.2) is 9.37 Å². The van der Waals surface area contributed by atoms with Crippen molar-refractivity contribution in [2.24, 2.45) is 4.99 Å². The molecule has 2 aromatic carbocycles. The minimum atomic E-state index is -0.283. The van der Waals surface area contributed by atoms with Crippen LogP contribution >= 0.6 is 24.0 Å². The lowest BCUT2D eigenvalue weighted by atomic mass is 9.99. The fraction of sp³-hybridized carbons (Fsp3) is 0.333. The molecule has 0 spiro atoms. The lowest BCUT2D eigenvalue weighted by Crippen LogP contribution is -2.44. The lowest BCUT2D eigenvalue weighted by Gasteiger charge is -2.32. The monoisotopic (exact) mass is 566 g/mol. The zero-order valence-electron chi connectivity index (χ0n) is 18.9. The van der Waals surface area contributed by atoms with Crippen LogP contribution in [0.15, 0.2) is 52.1 Å². The number of aliphatic imine (C=N–C) groups is 1. The second-order valence-electron chi connectivity index (χ2n) is 7.52. The van der Waals surface area contributed by atoms with E-state index >= 15 is 0 Å². The molecule has 0 bridgehead atoms. The molecule has 0 unspecified atom stereocenters. The van der Waals surface area contributed by atoms with E-state index in [2.05, 4.69) is 26.3 Å². The van der Waals surface area contributed by atoms with Crippen LogP contribution in [0.5, 0.6) is 11.5 Å². The van der Waals surface area contributed by atoms with E-state index in [9.17, 15) is 4.39 Å². The highest BCUT2D eigenvalue weighted by molar-refractivity contribution is 14.0. The Kier molecular flexibility index (Phi) is 8.54. The first-order valence-corrected chi connectivity index (χ1v) is 10.5. The van der Waals surface area contributed by atoms with Crippen LogP contribution in [-0.4, -0.2) is 50.2 Å². The van der Waals surface area contributed by atoms with Crippen LogP contribution in [0.3, 0.4) is 0 Å². The van der Waals surface area contributed by atoms with Crippen molar-refractivity contribution in [1.29, 1.82) is 0 Å². The topological polar surface area (TPSA) is 72.1 Å². The number of oxazole rings is 1. The summed E-state index contributed by atoms with van der Waals surface area (Å²) < 4.78 is 29.5. The Morgan fingerprint density at radius 3 is 2.52 bits per heavy atom. The number of methoxy groups -OCH3 is 2. The first-order valence-electron chi connectivity index (χ1n) is 10.5. The van der Waals surface area contributed by atoms with E-state index < -0.39 is 0 Å². The van der Waals surface area contributed by atoms with E-state index in [1.807, 2.05) is 6.07 Å². The average Bonchev–Trinajstić information content (AvgIpc) is 3.30. The number of aromatic nitrogens is 1. The number of halogens is 2. The van der Waals surface area contributed by atoms with Gasteiger partial charge in [0.1, 0.15) is 12.1 Å². The van der Waals surface area contributed by atoms with Crippen molar-refractivity contribution >= 4 is 29.9 Å². The van der Waals surface area contributed by atoms with Crippen molar-refractivity contribution < 1.29 is 18.3 Å². The molecule has 3 aromatic rings. The van der Waals surface area contributed by atoms with Gasteiger partial charge in [-0.2, -0.15) is 0 Å². The quantitative estimate of drug-likeness (QED) is 0.273. The molecule has 1 N–H and O–H groups in total.